The van der Waals surface area contributed by atoms with Crippen molar-refractivity contribution in [3.8, 4) is 0 Å². The number of halogens is 1. The fourth-order valence-electron chi connectivity index (χ4n) is 2.47. The largest absolute Gasteiger partial charge is 0.388 e. The Balaban J connectivity index is 2.12. The number of nitrogens with zero attached hydrogens (tertiary/aromatic N) is 1. The molecule has 1 aromatic rings. The highest BCUT2D eigenvalue weighted by Gasteiger charge is 2.31. The van der Waals surface area contributed by atoms with E-state index < -0.39 is 11.4 Å². The van der Waals surface area contributed by atoms with Crippen LogP contribution in [0.5, 0.6) is 0 Å². The Kier molecular flexibility index (Phi) is 4.40. The highest BCUT2D eigenvalue weighted by molar-refractivity contribution is 5.94. The standard InChI is InChI=1S/C15H20FNO3/c1-11(18)12-3-4-14(13(16)9-12)17(2)10-15(19)5-7-20-8-6-15/h3-4,9,19H,5-8,10H2,1-2H3. The fourth-order valence-corrected chi connectivity index (χ4v) is 2.47. The quantitative estimate of drug-likeness (QED) is 0.858. The molecule has 1 fully saturated rings. The Labute approximate surface area is 118 Å². The Morgan fingerprint density at radius 1 is 1.45 bits per heavy atom. The number of aliphatic hydroxyl groups is 1. The van der Waals surface area contributed by atoms with Crippen molar-refractivity contribution in [3.05, 3.63) is 29.6 Å². The molecule has 1 saturated heterocycles. The first-order valence-corrected chi connectivity index (χ1v) is 6.73. The lowest BCUT2D eigenvalue weighted by molar-refractivity contribution is -0.0573. The van der Waals surface area contributed by atoms with E-state index in [9.17, 15) is 14.3 Å². The average molecular weight is 281 g/mol. The molecule has 110 valence electrons. The van der Waals surface area contributed by atoms with Gasteiger partial charge in [-0.3, -0.25) is 4.79 Å². The van der Waals surface area contributed by atoms with Crippen LogP contribution in [0.2, 0.25) is 0 Å². The van der Waals surface area contributed by atoms with E-state index in [0.29, 0.717) is 43.9 Å². The van der Waals surface area contributed by atoms with E-state index in [2.05, 4.69) is 0 Å². The minimum atomic E-state index is -0.849. The number of ketones is 1. The lowest BCUT2D eigenvalue weighted by atomic mass is 9.93. The summed E-state index contributed by atoms with van der Waals surface area (Å²) in [5.74, 6) is -0.614. The van der Waals surface area contributed by atoms with Gasteiger partial charge in [0.25, 0.3) is 0 Å². The lowest BCUT2D eigenvalue weighted by Gasteiger charge is -2.36. The van der Waals surface area contributed by atoms with Crippen molar-refractivity contribution in [2.75, 3.05) is 31.7 Å². The topological polar surface area (TPSA) is 49.8 Å². The molecule has 1 heterocycles. The van der Waals surface area contributed by atoms with Crippen molar-refractivity contribution in [2.45, 2.75) is 25.4 Å². The molecular weight excluding hydrogens is 261 g/mol. The number of carbonyl (C=O) groups excluding carboxylic acids is 1. The summed E-state index contributed by atoms with van der Waals surface area (Å²) in [6.07, 6.45) is 1.09. The molecule has 0 unspecified atom stereocenters. The van der Waals surface area contributed by atoms with E-state index in [1.165, 1.54) is 13.0 Å². The van der Waals surface area contributed by atoms with Crippen LogP contribution in [0, 0.1) is 5.82 Å². The van der Waals surface area contributed by atoms with Crippen LogP contribution in [0.1, 0.15) is 30.1 Å². The van der Waals surface area contributed by atoms with Crippen LogP contribution in [0.25, 0.3) is 0 Å². The predicted molar refractivity (Wildman–Crippen MR) is 74.7 cm³/mol. The van der Waals surface area contributed by atoms with Gasteiger partial charge in [0.05, 0.1) is 11.3 Å². The molecule has 0 atom stereocenters. The first kappa shape index (κ1) is 14.9. The van der Waals surface area contributed by atoms with Crippen LogP contribution in [0.15, 0.2) is 18.2 Å². The summed E-state index contributed by atoms with van der Waals surface area (Å²) in [4.78, 5) is 12.9. The highest BCUT2D eigenvalue weighted by Crippen LogP contribution is 2.26. The first-order valence-electron chi connectivity index (χ1n) is 6.73. The van der Waals surface area contributed by atoms with Gasteiger partial charge < -0.3 is 14.7 Å². The summed E-state index contributed by atoms with van der Waals surface area (Å²) in [6, 6.07) is 4.42. The lowest BCUT2D eigenvalue weighted by Crippen LogP contribution is -2.46. The minimum absolute atomic E-state index is 0.166. The summed E-state index contributed by atoms with van der Waals surface area (Å²) >= 11 is 0. The zero-order valence-corrected chi connectivity index (χ0v) is 11.9. The molecule has 1 aliphatic heterocycles. The monoisotopic (exact) mass is 281 g/mol. The van der Waals surface area contributed by atoms with Crippen molar-refractivity contribution in [1.29, 1.82) is 0 Å². The molecular formula is C15H20FNO3. The van der Waals surface area contributed by atoms with Crippen LogP contribution >= 0.6 is 0 Å². The second kappa shape index (κ2) is 5.89. The van der Waals surface area contributed by atoms with Crippen LogP contribution in [0.4, 0.5) is 10.1 Å². The zero-order chi connectivity index (χ0) is 14.8. The molecule has 4 nitrogen and oxygen atoms in total. The average Bonchev–Trinajstić information content (AvgIpc) is 2.38. The molecule has 0 aliphatic carbocycles. The number of ether oxygens (including phenoxy) is 1. The van der Waals surface area contributed by atoms with Gasteiger partial charge in [-0.25, -0.2) is 4.39 Å². The Hall–Kier alpha value is -1.46. The number of anilines is 1. The molecule has 20 heavy (non-hydrogen) atoms. The van der Waals surface area contributed by atoms with Crippen LogP contribution in [-0.2, 0) is 4.74 Å². The van der Waals surface area contributed by atoms with E-state index in [1.54, 1.807) is 24.1 Å². The van der Waals surface area contributed by atoms with Crippen LogP contribution in [0.3, 0.4) is 0 Å². The molecule has 2 rings (SSSR count). The van der Waals surface area contributed by atoms with E-state index in [4.69, 9.17) is 4.74 Å². The number of rotatable bonds is 4. The maximum Gasteiger partial charge on any atom is 0.159 e. The maximum absolute atomic E-state index is 14.0. The van der Waals surface area contributed by atoms with E-state index in [-0.39, 0.29) is 5.78 Å². The third kappa shape index (κ3) is 3.35. The maximum atomic E-state index is 14.0. The van der Waals surface area contributed by atoms with Gasteiger partial charge in [0, 0.05) is 45.2 Å². The Morgan fingerprint density at radius 2 is 2.10 bits per heavy atom. The summed E-state index contributed by atoms with van der Waals surface area (Å²) in [5.41, 5.74) is -0.113. The van der Waals surface area contributed by atoms with Gasteiger partial charge in [0.15, 0.2) is 5.78 Å². The number of carbonyl (C=O) groups is 1. The summed E-state index contributed by atoms with van der Waals surface area (Å²) in [6.45, 7) is 2.79. The number of Topliss-reactive ketones (excluding diaryl/α,β-unsaturated/α-hetero) is 1. The predicted octanol–water partition coefficient (Wildman–Crippen LogP) is 2.01. The van der Waals surface area contributed by atoms with E-state index in [1.807, 2.05) is 0 Å². The van der Waals surface area contributed by atoms with Crippen molar-refractivity contribution in [1.82, 2.24) is 0 Å². The van der Waals surface area contributed by atoms with Gasteiger partial charge in [0.2, 0.25) is 0 Å². The van der Waals surface area contributed by atoms with Crippen molar-refractivity contribution >= 4 is 11.5 Å². The molecule has 1 aromatic carbocycles. The van der Waals surface area contributed by atoms with Gasteiger partial charge in [-0.2, -0.15) is 0 Å². The minimum Gasteiger partial charge on any atom is -0.388 e. The second-order valence-corrected chi connectivity index (χ2v) is 5.42. The molecule has 1 N–H and O–H groups in total. The van der Waals surface area contributed by atoms with Gasteiger partial charge >= 0.3 is 0 Å². The number of hydrogen-bond acceptors (Lipinski definition) is 4. The molecule has 0 amide bonds. The van der Waals surface area contributed by atoms with Crippen molar-refractivity contribution in [2.24, 2.45) is 0 Å². The van der Waals surface area contributed by atoms with Crippen LogP contribution in [-0.4, -0.2) is 43.3 Å². The molecule has 0 saturated carbocycles. The molecule has 0 bridgehead atoms. The normalized spacial score (nSPS) is 17.8. The van der Waals surface area contributed by atoms with Crippen molar-refractivity contribution < 1.29 is 19.0 Å². The Morgan fingerprint density at radius 3 is 2.65 bits per heavy atom. The van der Waals surface area contributed by atoms with E-state index >= 15 is 0 Å². The molecule has 0 aromatic heterocycles. The van der Waals surface area contributed by atoms with Gasteiger partial charge in [-0.05, 0) is 25.1 Å². The molecule has 1 aliphatic rings. The highest BCUT2D eigenvalue weighted by atomic mass is 19.1. The SMILES string of the molecule is CC(=O)c1ccc(N(C)CC2(O)CCOCC2)c(F)c1. The van der Waals surface area contributed by atoms with E-state index in [0.717, 1.165) is 0 Å². The number of likely N-dealkylation sites (N-methyl/N-ethyl adjacent to an activating group) is 1. The van der Waals surface area contributed by atoms with Crippen molar-refractivity contribution in [3.63, 3.8) is 0 Å². The molecule has 0 radical (unpaired) electrons. The smallest absolute Gasteiger partial charge is 0.159 e. The molecule has 0 spiro atoms. The van der Waals surface area contributed by atoms with Gasteiger partial charge in [0.1, 0.15) is 5.82 Å². The summed E-state index contributed by atoms with van der Waals surface area (Å²) in [7, 11) is 1.74. The summed E-state index contributed by atoms with van der Waals surface area (Å²) in [5, 5.41) is 10.4. The fraction of sp³-hybridized carbons (Fsp3) is 0.533. The Bertz CT molecular complexity index is 498. The third-order valence-electron chi connectivity index (χ3n) is 3.72. The van der Waals surface area contributed by atoms with Gasteiger partial charge in [-0.1, -0.05) is 0 Å². The second-order valence-electron chi connectivity index (χ2n) is 5.42. The van der Waals surface area contributed by atoms with Gasteiger partial charge in [-0.15, -0.1) is 0 Å². The zero-order valence-electron chi connectivity index (χ0n) is 11.9. The summed E-state index contributed by atoms with van der Waals surface area (Å²) < 4.78 is 19.3. The number of benzene rings is 1. The third-order valence-corrected chi connectivity index (χ3v) is 3.72. The van der Waals surface area contributed by atoms with Crippen LogP contribution < -0.4 is 4.90 Å². The number of hydrogen-bond donors (Lipinski definition) is 1. The molecule has 5 heteroatoms. The first-order chi connectivity index (χ1) is 9.41.